The molecule has 0 fully saturated rings. The van der Waals surface area contributed by atoms with Crippen LogP contribution in [-0.2, 0) is 17.9 Å². The maximum absolute atomic E-state index is 13.4. The van der Waals surface area contributed by atoms with Gasteiger partial charge in [0, 0.05) is 29.3 Å². The minimum atomic E-state index is -0.451. The third-order valence-corrected chi connectivity index (χ3v) is 4.40. The zero-order valence-corrected chi connectivity index (χ0v) is 15.7. The Hall–Kier alpha value is -3.19. The Kier molecular flexibility index (Phi) is 6.06. The van der Waals surface area contributed by atoms with Gasteiger partial charge in [0.25, 0.3) is 5.56 Å². The van der Waals surface area contributed by atoms with Gasteiger partial charge in [0.05, 0.1) is 12.8 Å². The van der Waals surface area contributed by atoms with Gasteiger partial charge in [0.1, 0.15) is 18.1 Å². The monoisotopic (exact) mass is 401 g/mol. The number of hydrogen-bond donors (Lipinski definition) is 1. The quantitative estimate of drug-likeness (QED) is 0.689. The van der Waals surface area contributed by atoms with Crippen molar-refractivity contribution in [2.45, 2.75) is 13.1 Å². The molecule has 8 heteroatoms. The summed E-state index contributed by atoms with van der Waals surface area (Å²) in [5.74, 6) is -0.563. The third kappa shape index (κ3) is 4.55. The van der Waals surface area contributed by atoms with E-state index in [-0.39, 0.29) is 18.8 Å². The molecule has 0 spiro atoms. The van der Waals surface area contributed by atoms with Crippen molar-refractivity contribution in [1.29, 1.82) is 0 Å². The van der Waals surface area contributed by atoms with Crippen molar-refractivity contribution in [3.05, 3.63) is 81.4 Å². The fourth-order valence-electron chi connectivity index (χ4n) is 2.61. The van der Waals surface area contributed by atoms with Gasteiger partial charge in [-0.3, -0.25) is 9.59 Å². The molecule has 0 saturated heterocycles. The van der Waals surface area contributed by atoms with Gasteiger partial charge in [-0.25, -0.2) is 9.07 Å². The van der Waals surface area contributed by atoms with Gasteiger partial charge in [-0.05, 0) is 29.8 Å². The highest BCUT2D eigenvalue weighted by Crippen LogP contribution is 2.28. The Bertz CT molecular complexity index is 1070. The summed E-state index contributed by atoms with van der Waals surface area (Å²) in [6.45, 7) is -0.0284. The number of methoxy groups -OCH3 is 1. The molecule has 3 aromatic rings. The molecule has 1 aromatic heterocycles. The van der Waals surface area contributed by atoms with Crippen LogP contribution < -0.4 is 15.6 Å². The van der Waals surface area contributed by atoms with E-state index in [1.54, 1.807) is 18.2 Å². The molecule has 0 bridgehead atoms. The Morgan fingerprint density at radius 2 is 2.00 bits per heavy atom. The molecule has 0 atom stereocenters. The lowest BCUT2D eigenvalue weighted by Gasteiger charge is -2.11. The zero-order chi connectivity index (χ0) is 20.1. The standard InChI is InChI=1S/C20H17ClFN3O3/c1-28-18-10-14(22)6-7-15(18)17-8-9-20(27)25(24-17)12-19(26)23-11-13-4-2-3-5-16(13)21/h2-10H,11-12H2,1H3,(H,23,26). The van der Waals surface area contributed by atoms with Crippen LogP contribution in [0.4, 0.5) is 4.39 Å². The fourth-order valence-corrected chi connectivity index (χ4v) is 2.81. The Labute approximate surface area is 165 Å². The first-order valence-corrected chi connectivity index (χ1v) is 8.78. The number of amides is 1. The maximum Gasteiger partial charge on any atom is 0.267 e. The van der Waals surface area contributed by atoms with Gasteiger partial charge >= 0.3 is 0 Å². The molecule has 0 aliphatic rings. The highest BCUT2D eigenvalue weighted by atomic mass is 35.5. The Morgan fingerprint density at radius 3 is 2.75 bits per heavy atom. The van der Waals surface area contributed by atoms with E-state index < -0.39 is 17.3 Å². The number of carbonyl (C=O) groups excluding carboxylic acids is 1. The molecule has 1 N–H and O–H groups in total. The molecular formula is C20H17ClFN3O3. The minimum absolute atomic E-state index is 0.235. The largest absolute Gasteiger partial charge is 0.496 e. The number of rotatable bonds is 6. The molecule has 28 heavy (non-hydrogen) atoms. The highest BCUT2D eigenvalue weighted by molar-refractivity contribution is 6.31. The topological polar surface area (TPSA) is 73.2 Å². The van der Waals surface area contributed by atoms with Crippen molar-refractivity contribution in [2.75, 3.05) is 7.11 Å². The summed E-state index contributed by atoms with van der Waals surface area (Å²) >= 11 is 6.06. The van der Waals surface area contributed by atoms with E-state index in [9.17, 15) is 14.0 Å². The van der Waals surface area contributed by atoms with Crippen LogP contribution in [0.15, 0.2) is 59.4 Å². The molecule has 3 rings (SSSR count). The molecule has 0 unspecified atom stereocenters. The van der Waals surface area contributed by atoms with Crippen LogP contribution >= 0.6 is 11.6 Å². The van der Waals surface area contributed by atoms with Crippen LogP contribution in [0.2, 0.25) is 5.02 Å². The first-order valence-electron chi connectivity index (χ1n) is 8.40. The molecule has 6 nitrogen and oxygen atoms in total. The number of hydrogen-bond acceptors (Lipinski definition) is 4. The molecule has 2 aromatic carbocycles. The summed E-state index contributed by atoms with van der Waals surface area (Å²) in [6, 6.07) is 13.9. The van der Waals surface area contributed by atoms with Gasteiger partial charge in [0.15, 0.2) is 0 Å². The summed E-state index contributed by atoms with van der Waals surface area (Å²) in [7, 11) is 1.41. The van der Waals surface area contributed by atoms with E-state index in [0.29, 0.717) is 16.3 Å². The molecular weight excluding hydrogens is 385 g/mol. The lowest BCUT2D eigenvalue weighted by atomic mass is 10.1. The highest BCUT2D eigenvalue weighted by Gasteiger charge is 2.12. The van der Waals surface area contributed by atoms with E-state index >= 15 is 0 Å². The number of halogens is 2. The minimum Gasteiger partial charge on any atom is -0.496 e. The van der Waals surface area contributed by atoms with Gasteiger partial charge in [-0.15, -0.1) is 0 Å². The van der Waals surface area contributed by atoms with E-state index in [1.807, 2.05) is 6.07 Å². The van der Waals surface area contributed by atoms with Crippen LogP contribution in [0.3, 0.4) is 0 Å². The van der Waals surface area contributed by atoms with Crippen molar-refractivity contribution in [2.24, 2.45) is 0 Å². The van der Waals surface area contributed by atoms with Gasteiger partial charge in [-0.2, -0.15) is 5.10 Å². The van der Waals surface area contributed by atoms with Crippen LogP contribution in [0, 0.1) is 5.82 Å². The lowest BCUT2D eigenvalue weighted by molar-refractivity contribution is -0.122. The van der Waals surface area contributed by atoms with Crippen LogP contribution in [0.1, 0.15) is 5.56 Å². The Balaban J connectivity index is 1.78. The number of nitrogens with zero attached hydrogens (tertiary/aromatic N) is 2. The second-order valence-corrected chi connectivity index (χ2v) is 6.33. The molecule has 0 aliphatic carbocycles. The normalized spacial score (nSPS) is 10.5. The van der Waals surface area contributed by atoms with Crippen molar-refractivity contribution in [3.8, 4) is 17.0 Å². The van der Waals surface area contributed by atoms with Crippen LogP contribution in [-0.4, -0.2) is 22.8 Å². The zero-order valence-electron chi connectivity index (χ0n) is 15.0. The van der Waals surface area contributed by atoms with Crippen LogP contribution in [0.5, 0.6) is 5.75 Å². The number of nitrogens with one attached hydrogen (secondary N) is 1. The van der Waals surface area contributed by atoms with Crippen molar-refractivity contribution < 1.29 is 13.9 Å². The lowest BCUT2D eigenvalue weighted by Crippen LogP contribution is -2.33. The number of carbonyl (C=O) groups is 1. The molecule has 1 amide bonds. The van der Waals surface area contributed by atoms with E-state index in [2.05, 4.69) is 10.4 Å². The summed E-state index contributed by atoms with van der Waals surface area (Å²) in [5, 5.41) is 7.46. The Morgan fingerprint density at radius 1 is 1.21 bits per heavy atom. The van der Waals surface area contributed by atoms with Crippen molar-refractivity contribution >= 4 is 17.5 Å². The number of aromatic nitrogens is 2. The fraction of sp³-hybridized carbons (Fsp3) is 0.150. The summed E-state index contributed by atoms with van der Waals surface area (Å²) in [6.07, 6.45) is 0. The van der Waals surface area contributed by atoms with Crippen molar-refractivity contribution in [1.82, 2.24) is 15.1 Å². The van der Waals surface area contributed by atoms with Gasteiger partial charge in [-0.1, -0.05) is 29.8 Å². The van der Waals surface area contributed by atoms with Gasteiger partial charge in [0.2, 0.25) is 5.91 Å². The average Bonchev–Trinajstić information content (AvgIpc) is 2.69. The number of benzene rings is 2. The van der Waals surface area contributed by atoms with Crippen molar-refractivity contribution in [3.63, 3.8) is 0 Å². The average molecular weight is 402 g/mol. The third-order valence-electron chi connectivity index (χ3n) is 4.03. The SMILES string of the molecule is COc1cc(F)ccc1-c1ccc(=O)n(CC(=O)NCc2ccccc2Cl)n1. The van der Waals surface area contributed by atoms with E-state index in [1.165, 1.54) is 37.4 Å². The summed E-state index contributed by atoms with van der Waals surface area (Å²) < 4.78 is 19.6. The first kappa shape index (κ1) is 19.6. The molecule has 144 valence electrons. The summed E-state index contributed by atoms with van der Waals surface area (Å²) in [4.78, 5) is 24.3. The first-order chi connectivity index (χ1) is 13.5. The van der Waals surface area contributed by atoms with E-state index in [0.717, 1.165) is 10.2 Å². The maximum atomic E-state index is 13.4. The predicted octanol–water partition coefficient (Wildman–Crippen LogP) is 3.03. The van der Waals surface area contributed by atoms with Gasteiger partial charge < -0.3 is 10.1 Å². The molecule has 1 heterocycles. The predicted molar refractivity (Wildman–Crippen MR) is 104 cm³/mol. The summed E-state index contributed by atoms with van der Waals surface area (Å²) in [5.41, 5.74) is 1.23. The number of ether oxygens (including phenoxy) is 1. The molecule has 0 saturated carbocycles. The second kappa shape index (κ2) is 8.67. The molecule has 0 aliphatic heterocycles. The smallest absolute Gasteiger partial charge is 0.267 e. The second-order valence-electron chi connectivity index (χ2n) is 5.93. The molecule has 0 radical (unpaired) electrons. The van der Waals surface area contributed by atoms with E-state index in [4.69, 9.17) is 16.3 Å². The van der Waals surface area contributed by atoms with Crippen LogP contribution in [0.25, 0.3) is 11.3 Å².